The lowest BCUT2D eigenvalue weighted by Crippen LogP contribution is -2.51. The lowest BCUT2D eigenvalue weighted by Gasteiger charge is -2.27. The number of nitrogens with zero attached hydrogens (tertiary/aromatic N) is 2. The molecule has 0 aliphatic carbocycles. The number of fused-ring (bicyclic) bond motifs is 1. The van der Waals surface area contributed by atoms with Crippen LogP contribution in [0.1, 0.15) is 18.4 Å². The molecular weight excluding hydrogens is 626 g/mol. The minimum absolute atomic E-state index is 0. The van der Waals surface area contributed by atoms with Crippen LogP contribution in [-0.4, -0.2) is 84.8 Å². The van der Waals surface area contributed by atoms with Crippen molar-refractivity contribution >= 4 is 51.0 Å². The van der Waals surface area contributed by atoms with Crippen molar-refractivity contribution in [2.75, 3.05) is 47.6 Å². The van der Waals surface area contributed by atoms with Gasteiger partial charge in [-0.3, -0.25) is 9.79 Å². The zero-order valence-electron chi connectivity index (χ0n) is 25.6. The molecule has 0 bridgehead atoms. The van der Waals surface area contributed by atoms with Crippen LogP contribution in [0.4, 0.5) is 0 Å². The fourth-order valence-electron chi connectivity index (χ4n) is 4.40. The predicted octanol–water partition coefficient (Wildman–Crippen LogP) is 2.37. The number of nitrogens with two attached hydrogens (primary N) is 2. The van der Waals surface area contributed by atoms with Crippen molar-refractivity contribution in [3.05, 3.63) is 60.2 Å². The molecule has 0 saturated heterocycles. The lowest BCUT2D eigenvalue weighted by molar-refractivity contribution is -0.144. The van der Waals surface area contributed by atoms with Crippen molar-refractivity contribution in [3.63, 3.8) is 0 Å². The summed E-state index contributed by atoms with van der Waals surface area (Å²) in [6.45, 7) is 1.71. The second-order valence-electron chi connectivity index (χ2n) is 9.88. The van der Waals surface area contributed by atoms with E-state index in [2.05, 4.69) is 9.71 Å². The molecule has 0 saturated carbocycles. The van der Waals surface area contributed by atoms with Crippen molar-refractivity contribution < 1.29 is 37.0 Å². The summed E-state index contributed by atoms with van der Waals surface area (Å²) in [7, 11) is 0.221. The van der Waals surface area contributed by atoms with Crippen LogP contribution in [0.5, 0.6) is 17.2 Å². The SMILES string of the molecule is COCCN(CC(=O)Oc1cccc(C)c1)C(=O)[C@H](CCCN=C(N)N)NS(=O)(=O)c1ccc2cc(OC)c(OC)cc2c1.Cl. The molecule has 0 heterocycles. The number of hydrogen-bond donors (Lipinski definition) is 3. The van der Waals surface area contributed by atoms with Gasteiger partial charge in [0.2, 0.25) is 15.9 Å². The van der Waals surface area contributed by atoms with Gasteiger partial charge in [0, 0.05) is 20.2 Å². The summed E-state index contributed by atoms with van der Waals surface area (Å²) in [6.07, 6.45) is 0.321. The number of rotatable bonds is 16. The van der Waals surface area contributed by atoms with Crippen molar-refractivity contribution in [3.8, 4) is 17.2 Å². The van der Waals surface area contributed by atoms with Crippen LogP contribution in [0.15, 0.2) is 64.5 Å². The molecule has 0 aliphatic heterocycles. The van der Waals surface area contributed by atoms with Crippen LogP contribution in [0.3, 0.4) is 0 Å². The van der Waals surface area contributed by atoms with Crippen LogP contribution in [0.2, 0.25) is 0 Å². The van der Waals surface area contributed by atoms with Gasteiger partial charge in [-0.05, 0) is 72.5 Å². The maximum Gasteiger partial charge on any atom is 0.331 e. The maximum absolute atomic E-state index is 13.8. The van der Waals surface area contributed by atoms with Gasteiger partial charge in [0.25, 0.3) is 0 Å². The number of amides is 1. The summed E-state index contributed by atoms with van der Waals surface area (Å²) < 4.78 is 51.0. The number of aryl methyl sites for hydroxylation is 1. The third-order valence-corrected chi connectivity index (χ3v) is 8.05. The van der Waals surface area contributed by atoms with Gasteiger partial charge in [-0.15, -0.1) is 12.4 Å². The summed E-state index contributed by atoms with van der Waals surface area (Å²) >= 11 is 0. The summed E-state index contributed by atoms with van der Waals surface area (Å²) in [4.78, 5) is 31.7. The highest BCUT2D eigenvalue weighted by atomic mass is 35.5. The zero-order valence-corrected chi connectivity index (χ0v) is 27.3. The second-order valence-corrected chi connectivity index (χ2v) is 11.6. The van der Waals surface area contributed by atoms with E-state index in [0.717, 1.165) is 10.9 Å². The average molecular weight is 666 g/mol. The first-order valence-electron chi connectivity index (χ1n) is 13.8. The molecule has 246 valence electrons. The molecule has 13 nitrogen and oxygen atoms in total. The Morgan fingerprint density at radius 2 is 1.67 bits per heavy atom. The van der Waals surface area contributed by atoms with Gasteiger partial charge in [-0.25, -0.2) is 13.2 Å². The normalized spacial score (nSPS) is 11.6. The van der Waals surface area contributed by atoms with E-state index in [1.807, 2.05) is 13.0 Å². The summed E-state index contributed by atoms with van der Waals surface area (Å²) in [5, 5.41) is 1.31. The van der Waals surface area contributed by atoms with E-state index in [-0.39, 0.29) is 55.8 Å². The van der Waals surface area contributed by atoms with E-state index in [1.54, 1.807) is 36.4 Å². The van der Waals surface area contributed by atoms with E-state index < -0.39 is 34.5 Å². The Bertz CT molecular complexity index is 1600. The molecular formula is C30H40ClN5O8S. The molecule has 5 N–H and O–H groups in total. The largest absolute Gasteiger partial charge is 0.493 e. The van der Waals surface area contributed by atoms with Crippen molar-refractivity contribution in [2.24, 2.45) is 16.5 Å². The Kier molecular flexibility index (Phi) is 14.3. The van der Waals surface area contributed by atoms with Crippen molar-refractivity contribution in [1.82, 2.24) is 9.62 Å². The molecule has 0 unspecified atom stereocenters. The molecule has 15 heteroatoms. The number of carbonyl (C=O) groups excluding carboxylic acids is 2. The van der Waals surface area contributed by atoms with Gasteiger partial charge in [0.1, 0.15) is 18.3 Å². The van der Waals surface area contributed by atoms with Gasteiger partial charge < -0.3 is 35.3 Å². The van der Waals surface area contributed by atoms with Crippen LogP contribution < -0.4 is 30.4 Å². The lowest BCUT2D eigenvalue weighted by atomic mass is 10.1. The number of hydrogen-bond acceptors (Lipinski definition) is 9. The molecule has 0 fully saturated rings. The maximum atomic E-state index is 13.8. The standard InChI is InChI=1S/C30H39N5O8S.ClH/c1-20-7-5-8-23(15-20)43-28(36)19-35(13-14-40-2)29(37)25(9-6-12-33-30(31)32)34-44(38,39)24-11-10-21-17-26(41-3)27(42-4)18-22(21)16-24;/h5,7-8,10-11,15-18,25,34H,6,9,12-14,19H2,1-4H3,(H4,31,32,33);1H/t25-;/m0./s1. The first-order chi connectivity index (χ1) is 21.0. The van der Waals surface area contributed by atoms with Gasteiger partial charge in [0.05, 0.1) is 25.7 Å². The molecule has 1 atom stereocenters. The number of ether oxygens (including phenoxy) is 4. The molecule has 1 amide bonds. The fourth-order valence-corrected chi connectivity index (χ4v) is 5.66. The molecule has 0 spiro atoms. The van der Waals surface area contributed by atoms with Gasteiger partial charge in [-0.2, -0.15) is 4.72 Å². The zero-order chi connectivity index (χ0) is 32.3. The minimum atomic E-state index is -4.22. The molecule has 0 radical (unpaired) electrons. The Balaban J connectivity index is 0.00000705. The van der Waals surface area contributed by atoms with E-state index in [1.165, 1.54) is 38.4 Å². The molecule has 0 aromatic heterocycles. The van der Waals surface area contributed by atoms with Crippen molar-refractivity contribution in [2.45, 2.75) is 30.7 Å². The number of halogens is 1. The Morgan fingerprint density at radius 1 is 0.978 bits per heavy atom. The molecule has 3 aromatic carbocycles. The number of nitrogens with one attached hydrogen (secondary N) is 1. The second kappa shape index (κ2) is 17.4. The topological polar surface area (TPSA) is 185 Å². The predicted molar refractivity (Wildman–Crippen MR) is 174 cm³/mol. The Labute approximate surface area is 269 Å². The number of methoxy groups -OCH3 is 3. The third-order valence-electron chi connectivity index (χ3n) is 6.58. The number of sulfonamides is 1. The summed E-state index contributed by atoms with van der Waals surface area (Å²) in [5.41, 5.74) is 11.7. The number of esters is 1. The quantitative estimate of drug-likeness (QED) is 0.0675. The fraction of sp³-hybridized carbons (Fsp3) is 0.367. The highest BCUT2D eigenvalue weighted by molar-refractivity contribution is 7.89. The van der Waals surface area contributed by atoms with E-state index in [9.17, 15) is 18.0 Å². The minimum Gasteiger partial charge on any atom is -0.493 e. The number of benzene rings is 3. The third kappa shape index (κ3) is 10.8. The van der Waals surface area contributed by atoms with Crippen molar-refractivity contribution in [1.29, 1.82) is 0 Å². The first-order valence-corrected chi connectivity index (χ1v) is 15.2. The first kappa shape index (κ1) is 37.1. The van der Waals surface area contributed by atoms with E-state index in [0.29, 0.717) is 22.6 Å². The Morgan fingerprint density at radius 3 is 2.29 bits per heavy atom. The molecule has 3 aromatic rings. The number of carbonyl (C=O) groups is 2. The van der Waals surface area contributed by atoms with Crippen LogP contribution >= 0.6 is 12.4 Å². The van der Waals surface area contributed by atoms with Crippen LogP contribution in [-0.2, 0) is 24.3 Å². The molecule has 45 heavy (non-hydrogen) atoms. The van der Waals surface area contributed by atoms with Gasteiger partial charge >= 0.3 is 5.97 Å². The van der Waals surface area contributed by atoms with Crippen LogP contribution in [0, 0.1) is 6.92 Å². The average Bonchev–Trinajstić information content (AvgIpc) is 2.99. The van der Waals surface area contributed by atoms with Crippen LogP contribution in [0.25, 0.3) is 10.8 Å². The smallest absolute Gasteiger partial charge is 0.331 e. The molecule has 3 rings (SSSR count). The molecule has 0 aliphatic rings. The highest BCUT2D eigenvalue weighted by Gasteiger charge is 2.30. The number of guanidine groups is 1. The Hall–Kier alpha value is -4.11. The van der Waals surface area contributed by atoms with Gasteiger partial charge in [-0.1, -0.05) is 18.2 Å². The van der Waals surface area contributed by atoms with E-state index in [4.69, 9.17) is 30.4 Å². The monoisotopic (exact) mass is 665 g/mol. The number of aliphatic imine (C=N–C) groups is 1. The summed E-state index contributed by atoms with van der Waals surface area (Å²) in [5.74, 6) is -0.199. The highest BCUT2D eigenvalue weighted by Crippen LogP contribution is 2.33. The van der Waals surface area contributed by atoms with E-state index >= 15 is 0 Å². The van der Waals surface area contributed by atoms with Gasteiger partial charge in [0.15, 0.2) is 17.5 Å². The summed E-state index contributed by atoms with van der Waals surface area (Å²) in [6, 6.07) is 13.6.